The number of rotatable bonds is 7. The van der Waals surface area contributed by atoms with Gasteiger partial charge in [0.2, 0.25) is 0 Å². The Hall–Kier alpha value is -3.35. The molecule has 3 aromatic carbocycles. The second-order valence-corrected chi connectivity index (χ2v) is 7.35. The third-order valence-electron chi connectivity index (χ3n) is 5.26. The summed E-state index contributed by atoms with van der Waals surface area (Å²) >= 11 is 0. The van der Waals surface area contributed by atoms with Crippen LogP contribution in [0.5, 0.6) is 0 Å². The van der Waals surface area contributed by atoms with Crippen LogP contribution in [0, 0.1) is 0 Å². The van der Waals surface area contributed by atoms with Crippen LogP contribution >= 0.6 is 0 Å². The van der Waals surface area contributed by atoms with Crippen LogP contribution in [0.1, 0.15) is 36.0 Å². The summed E-state index contributed by atoms with van der Waals surface area (Å²) in [5.41, 5.74) is 8.44. The zero-order valence-corrected chi connectivity index (χ0v) is 16.6. The average Bonchev–Trinajstić information content (AvgIpc) is 3.03. The molecular weight excluding hydrogens is 354 g/mol. The average molecular weight is 380 g/mol. The molecule has 2 nitrogen and oxygen atoms in total. The number of aryl methyl sites for hydroxylation is 1. The largest absolute Gasteiger partial charge is 0.303 e. The summed E-state index contributed by atoms with van der Waals surface area (Å²) in [6.07, 6.45) is 6.30. The van der Waals surface area contributed by atoms with E-state index in [1.54, 1.807) is 0 Å². The van der Waals surface area contributed by atoms with Crippen LogP contribution in [0.25, 0.3) is 5.57 Å². The summed E-state index contributed by atoms with van der Waals surface area (Å²) in [5.74, 6) is 0.0376. The molecule has 0 spiro atoms. The van der Waals surface area contributed by atoms with Gasteiger partial charge in [-0.25, -0.2) is 0 Å². The zero-order chi connectivity index (χ0) is 19.9. The fraction of sp³-hybridized carbons (Fsp3) is 0.185. The van der Waals surface area contributed by atoms with Crippen molar-refractivity contribution < 1.29 is 4.79 Å². The Morgan fingerprint density at radius 1 is 0.759 bits per heavy atom. The highest BCUT2D eigenvalue weighted by molar-refractivity contribution is 6.32. The Morgan fingerprint density at radius 3 is 2.17 bits per heavy atom. The number of para-hydroxylation sites is 1. The third kappa shape index (κ3) is 4.56. The molecule has 0 unspecified atom stereocenters. The van der Waals surface area contributed by atoms with Gasteiger partial charge < -0.3 is 4.90 Å². The topological polar surface area (TPSA) is 20.3 Å². The summed E-state index contributed by atoms with van der Waals surface area (Å²) in [7, 11) is 0. The standard InChI is InChI=1S/C27H25NO/c29-27-25(19-10-2-1-5-13-22-14-6-3-7-15-22)24-18-11-12-20-26(24)28(27)21-23-16-8-4-9-17-23/h3-4,6-12,14-18,20H,1-2,5,13,21H2. The first-order valence-corrected chi connectivity index (χ1v) is 10.3. The number of nitrogens with zero attached hydrogens (tertiary/aromatic N) is 1. The van der Waals surface area contributed by atoms with E-state index in [0.717, 1.165) is 42.5 Å². The minimum absolute atomic E-state index is 0.0376. The molecule has 0 fully saturated rings. The molecule has 1 heterocycles. The van der Waals surface area contributed by atoms with Gasteiger partial charge in [-0.05, 0) is 49.0 Å². The quantitative estimate of drug-likeness (QED) is 0.272. The lowest BCUT2D eigenvalue weighted by atomic mass is 10.1. The molecule has 0 atom stereocenters. The molecule has 0 bridgehead atoms. The summed E-state index contributed by atoms with van der Waals surface area (Å²) in [5, 5.41) is 0. The lowest BCUT2D eigenvalue weighted by molar-refractivity contribution is -0.113. The van der Waals surface area contributed by atoms with E-state index in [1.807, 2.05) is 53.4 Å². The normalized spacial score (nSPS) is 12.6. The summed E-state index contributed by atoms with van der Waals surface area (Å²) in [6.45, 7) is 0.582. The lowest BCUT2D eigenvalue weighted by Gasteiger charge is -2.16. The second kappa shape index (κ2) is 9.23. The van der Waals surface area contributed by atoms with Crippen LogP contribution in [0.4, 0.5) is 5.69 Å². The fourth-order valence-corrected chi connectivity index (χ4v) is 3.74. The molecule has 0 saturated carbocycles. The van der Waals surface area contributed by atoms with Crippen molar-refractivity contribution >= 4 is 17.2 Å². The Bertz CT molecular complexity index is 1030. The van der Waals surface area contributed by atoms with Gasteiger partial charge in [-0.1, -0.05) is 78.9 Å². The molecule has 1 aliphatic heterocycles. The molecule has 144 valence electrons. The molecule has 1 aliphatic rings. The highest BCUT2D eigenvalue weighted by atomic mass is 16.2. The number of unbranched alkanes of at least 4 members (excludes halogenated alkanes) is 2. The van der Waals surface area contributed by atoms with E-state index in [0.29, 0.717) is 12.1 Å². The van der Waals surface area contributed by atoms with Crippen molar-refractivity contribution in [3.05, 3.63) is 113 Å². The summed E-state index contributed by atoms with van der Waals surface area (Å²) in [6, 6.07) is 28.7. The minimum atomic E-state index is 0.0376. The zero-order valence-electron chi connectivity index (χ0n) is 16.6. The van der Waals surface area contributed by atoms with Crippen molar-refractivity contribution in [2.45, 2.75) is 32.2 Å². The van der Waals surface area contributed by atoms with Crippen molar-refractivity contribution in [3.8, 4) is 0 Å². The highest BCUT2D eigenvalue weighted by Crippen LogP contribution is 2.36. The van der Waals surface area contributed by atoms with Crippen LogP contribution < -0.4 is 4.90 Å². The number of hydrogen-bond donors (Lipinski definition) is 0. The van der Waals surface area contributed by atoms with Crippen LogP contribution in [0.15, 0.2) is 96.7 Å². The molecular formula is C27H25NO. The van der Waals surface area contributed by atoms with Crippen molar-refractivity contribution in [2.24, 2.45) is 0 Å². The maximum absolute atomic E-state index is 13.1. The van der Waals surface area contributed by atoms with Crippen molar-refractivity contribution in [3.63, 3.8) is 0 Å². The van der Waals surface area contributed by atoms with Gasteiger partial charge >= 0.3 is 0 Å². The molecule has 0 N–H and O–H groups in total. The molecule has 0 radical (unpaired) electrons. The summed E-state index contributed by atoms with van der Waals surface area (Å²) < 4.78 is 0. The Morgan fingerprint density at radius 2 is 1.41 bits per heavy atom. The fourth-order valence-electron chi connectivity index (χ4n) is 3.74. The van der Waals surface area contributed by atoms with E-state index >= 15 is 0 Å². The van der Waals surface area contributed by atoms with Gasteiger partial charge in [0.15, 0.2) is 0 Å². The molecule has 4 rings (SSSR count). The smallest absolute Gasteiger partial charge is 0.267 e. The predicted molar refractivity (Wildman–Crippen MR) is 120 cm³/mol. The van der Waals surface area contributed by atoms with E-state index in [1.165, 1.54) is 5.56 Å². The molecule has 2 heteroatoms. The number of amides is 1. The first kappa shape index (κ1) is 19.0. The molecule has 3 aromatic rings. The monoisotopic (exact) mass is 379 g/mol. The molecule has 0 aliphatic carbocycles. The van der Waals surface area contributed by atoms with Crippen LogP contribution in [0.3, 0.4) is 0 Å². The maximum atomic E-state index is 13.1. The van der Waals surface area contributed by atoms with Gasteiger partial charge in [0.05, 0.1) is 17.8 Å². The van der Waals surface area contributed by atoms with Gasteiger partial charge in [-0.15, -0.1) is 5.73 Å². The first-order chi connectivity index (χ1) is 14.3. The van der Waals surface area contributed by atoms with Crippen LogP contribution in [-0.2, 0) is 17.8 Å². The number of benzene rings is 3. The van der Waals surface area contributed by atoms with Gasteiger partial charge in [-0.3, -0.25) is 4.79 Å². The van der Waals surface area contributed by atoms with E-state index in [2.05, 4.69) is 48.2 Å². The second-order valence-electron chi connectivity index (χ2n) is 7.35. The molecule has 29 heavy (non-hydrogen) atoms. The van der Waals surface area contributed by atoms with Gasteiger partial charge in [-0.2, -0.15) is 0 Å². The van der Waals surface area contributed by atoms with Crippen molar-refractivity contribution in [1.29, 1.82) is 0 Å². The lowest BCUT2D eigenvalue weighted by Crippen LogP contribution is -2.25. The van der Waals surface area contributed by atoms with E-state index < -0.39 is 0 Å². The molecule has 0 saturated heterocycles. The van der Waals surface area contributed by atoms with Gasteiger partial charge in [0.25, 0.3) is 5.91 Å². The number of carbonyl (C=O) groups is 1. The van der Waals surface area contributed by atoms with Crippen LogP contribution in [0.2, 0.25) is 0 Å². The Kier molecular flexibility index (Phi) is 6.04. The van der Waals surface area contributed by atoms with Crippen molar-refractivity contribution in [1.82, 2.24) is 0 Å². The number of fused-ring (bicyclic) bond motifs is 1. The third-order valence-corrected chi connectivity index (χ3v) is 5.26. The number of carbonyl (C=O) groups excluding carboxylic acids is 1. The SMILES string of the molecule is O=C1C(=C=CCCCCc2ccccc2)c2ccccc2N1Cc1ccccc1. The Labute approximate surface area is 172 Å². The maximum Gasteiger partial charge on any atom is 0.267 e. The predicted octanol–water partition coefficient (Wildman–Crippen LogP) is 6.18. The minimum Gasteiger partial charge on any atom is -0.303 e. The van der Waals surface area contributed by atoms with E-state index in [-0.39, 0.29) is 5.91 Å². The Balaban J connectivity index is 1.44. The number of hydrogen-bond acceptors (Lipinski definition) is 1. The van der Waals surface area contributed by atoms with E-state index in [9.17, 15) is 4.79 Å². The summed E-state index contributed by atoms with van der Waals surface area (Å²) in [4.78, 5) is 14.9. The van der Waals surface area contributed by atoms with Crippen LogP contribution in [-0.4, -0.2) is 5.91 Å². The van der Waals surface area contributed by atoms with Gasteiger partial charge in [0.1, 0.15) is 0 Å². The number of anilines is 1. The molecule has 1 amide bonds. The van der Waals surface area contributed by atoms with E-state index in [4.69, 9.17) is 0 Å². The molecule has 0 aromatic heterocycles. The first-order valence-electron chi connectivity index (χ1n) is 10.3. The highest BCUT2D eigenvalue weighted by Gasteiger charge is 2.31. The van der Waals surface area contributed by atoms with Gasteiger partial charge in [0, 0.05) is 5.56 Å². The van der Waals surface area contributed by atoms with Crippen molar-refractivity contribution in [2.75, 3.05) is 4.90 Å².